The fourth-order valence-electron chi connectivity index (χ4n) is 4.02. The molecule has 0 saturated heterocycles. The molecule has 11 heteroatoms. The third-order valence-corrected chi connectivity index (χ3v) is 6.21. The average Bonchev–Trinajstić information content (AvgIpc) is 3.05. The van der Waals surface area contributed by atoms with Crippen LogP contribution in [0.3, 0.4) is 0 Å². The van der Waals surface area contributed by atoms with E-state index < -0.39 is 29.9 Å². The number of ether oxygens (including phenoxy) is 1. The molecule has 37 heavy (non-hydrogen) atoms. The molecule has 1 aliphatic rings. The van der Waals surface area contributed by atoms with Crippen molar-refractivity contribution in [3.63, 3.8) is 0 Å². The number of nitrogens with zero attached hydrogens (tertiary/aromatic N) is 2. The van der Waals surface area contributed by atoms with Crippen molar-refractivity contribution in [2.45, 2.75) is 32.7 Å². The molecule has 0 aromatic heterocycles. The summed E-state index contributed by atoms with van der Waals surface area (Å²) in [6.45, 7) is 4.10. The van der Waals surface area contributed by atoms with E-state index in [1.165, 1.54) is 19.2 Å². The van der Waals surface area contributed by atoms with Gasteiger partial charge in [0.15, 0.2) is 0 Å². The lowest BCUT2D eigenvalue weighted by Crippen LogP contribution is -2.50. The zero-order valence-corrected chi connectivity index (χ0v) is 21.7. The molecular formula is C26H31ClN4O6. The number of hydrogen-bond acceptors (Lipinski definition) is 7. The number of aliphatic imine (C=N–C) groups is 1. The summed E-state index contributed by atoms with van der Waals surface area (Å²) in [5, 5.41) is 12.6. The molecule has 3 N–H and O–H groups in total. The SMILES string of the molecule is CCONC1=NCC(Cc2cc(Cl)ccc2OC)C(=O)N(C(=O)N[C@H](CC)c2ccc(C(=O)O)cc2)C1. The van der Waals surface area contributed by atoms with Crippen molar-refractivity contribution in [2.75, 3.05) is 26.8 Å². The summed E-state index contributed by atoms with van der Waals surface area (Å²) in [6, 6.07) is 10.4. The van der Waals surface area contributed by atoms with Crippen molar-refractivity contribution >= 4 is 35.3 Å². The highest BCUT2D eigenvalue weighted by Gasteiger charge is 2.34. The molecule has 0 bridgehead atoms. The predicted octanol–water partition coefficient (Wildman–Crippen LogP) is 3.85. The number of carboxylic acids is 1. The van der Waals surface area contributed by atoms with E-state index in [1.807, 2.05) is 6.92 Å². The Balaban J connectivity index is 1.85. The number of hydrogen-bond donors (Lipinski definition) is 3. The standard InChI is InChI=1S/C26H31ClN4O6/c1-4-21(16-6-8-17(9-7-16)25(33)34)29-26(35)31-15-23(30-37-5-2)28-14-19(24(31)32)12-18-13-20(27)10-11-22(18)36-3/h6-11,13,19,21H,4-5,12,14-15H2,1-3H3,(H,28,30)(H,29,35)(H,33,34)/t19?,21-/m1/s1. The Kier molecular flexibility index (Phi) is 9.87. The molecule has 0 saturated carbocycles. The van der Waals surface area contributed by atoms with E-state index in [0.717, 1.165) is 16.0 Å². The van der Waals surface area contributed by atoms with Gasteiger partial charge in [-0.3, -0.25) is 25.0 Å². The van der Waals surface area contributed by atoms with E-state index in [1.54, 1.807) is 37.3 Å². The molecule has 0 radical (unpaired) electrons. The summed E-state index contributed by atoms with van der Waals surface area (Å²) in [5.74, 6) is -1.13. The molecular weight excluding hydrogens is 500 g/mol. The smallest absolute Gasteiger partial charge is 0.335 e. The van der Waals surface area contributed by atoms with Crippen molar-refractivity contribution in [3.8, 4) is 5.75 Å². The number of benzene rings is 2. The molecule has 1 unspecified atom stereocenters. The summed E-state index contributed by atoms with van der Waals surface area (Å²) in [5.41, 5.74) is 4.33. The third kappa shape index (κ3) is 7.21. The fraction of sp³-hybridized carbons (Fsp3) is 0.385. The van der Waals surface area contributed by atoms with Crippen LogP contribution in [0.5, 0.6) is 5.75 Å². The van der Waals surface area contributed by atoms with Crippen LogP contribution in [0.2, 0.25) is 5.02 Å². The topological polar surface area (TPSA) is 130 Å². The Morgan fingerprint density at radius 3 is 2.57 bits per heavy atom. The monoisotopic (exact) mass is 530 g/mol. The lowest BCUT2D eigenvalue weighted by Gasteiger charge is -2.26. The number of halogens is 1. The normalized spacial score (nSPS) is 16.4. The van der Waals surface area contributed by atoms with Crippen LogP contribution in [0.4, 0.5) is 4.79 Å². The third-order valence-electron chi connectivity index (χ3n) is 5.98. The van der Waals surface area contributed by atoms with Crippen LogP contribution in [0.1, 0.15) is 47.8 Å². The molecule has 0 fully saturated rings. The zero-order valence-electron chi connectivity index (χ0n) is 21.0. The minimum Gasteiger partial charge on any atom is -0.496 e. The highest BCUT2D eigenvalue weighted by Crippen LogP contribution is 2.27. The summed E-state index contributed by atoms with van der Waals surface area (Å²) in [6.07, 6.45) is 0.799. The maximum atomic E-state index is 13.6. The van der Waals surface area contributed by atoms with Crippen molar-refractivity contribution in [1.29, 1.82) is 0 Å². The number of methoxy groups -OCH3 is 1. The Morgan fingerprint density at radius 2 is 1.95 bits per heavy atom. The number of carbonyl (C=O) groups excluding carboxylic acids is 2. The minimum absolute atomic E-state index is 0.0950. The first-order valence-electron chi connectivity index (χ1n) is 12.0. The van der Waals surface area contributed by atoms with Gasteiger partial charge in [0.1, 0.15) is 11.6 Å². The van der Waals surface area contributed by atoms with Crippen LogP contribution >= 0.6 is 11.6 Å². The van der Waals surface area contributed by atoms with Gasteiger partial charge in [-0.05, 0) is 61.2 Å². The Labute approximate surface area is 220 Å². The number of carbonyl (C=O) groups is 3. The molecule has 198 valence electrons. The van der Waals surface area contributed by atoms with Gasteiger partial charge in [0, 0.05) is 5.02 Å². The van der Waals surface area contributed by atoms with Gasteiger partial charge in [-0.15, -0.1) is 0 Å². The molecule has 3 rings (SSSR count). The first-order chi connectivity index (χ1) is 17.8. The van der Waals surface area contributed by atoms with Crippen molar-refractivity contribution in [3.05, 3.63) is 64.2 Å². The number of imide groups is 1. The van der Waals surface area contributed by atoms with E-state index >= 15 is 0 Å². The van der Waals surface area contributed by atoms with Crippen molar-refractivity contribution < 1.29 is 29.1 Å². The van der Waals surface area contributed by atoms with Gasteiger partial charge >= 0.3 is 12.0 Å². The predicted molar refractivity (Wildman–Crippen MR) is 139 cm³/mol. The number of carboxylic acid groups (broad SMARTS) is 1. The van der Waals surface area contributed by atoms with Gasteiger partial charge < -0.3 is 15.2 Å². The van der Waals surface area contributed by atoms with Crippen LogP contribution in [-0.4, -0.2) is 60.6 Å². The highest BCUT2D eigenvalue weighted by atomic mass is 35.5. The molecule has 2 atom stereocenters. The number of nitrogens with one attached hydrogen (secondary N) is 2. The molecule has 0 aliphatic carbocycles. The zero-order chi connectivity index (χ0) is 26.9. The summed E-state index contributed by atoms with van der Waals surface area (Å²) >= 11 is 6.18. The number of rotatable bonds is 9. The average molecular weight is 531 g/mol. The maximum Gasteiger partial charge on any atom is 0.335 e. The quantitative estimate of drug-likeness (QED) is 0.420. The first-order valence-corrected chi connectivity index (χ1v) is 12.3. The first kappa shape index (κ1) is 27.9. The van der Waals surface area contributed by atoms with Gasteiger partial charge in [0.05, 0.1) is 44.3 Å². The van der Waals surface area contributed by atoms with Crippen molar-refractivity contribution in [2.24, 2.45) is 10.9 Å². The number of aromatic carboxylic acids is 1. The van der Waals surface area contributed by atoms with Gasteiger partial charge in [0.25, 0.3) is 0 Å². The van der Waals surface area contributed by atoms with Crippen molar-refractivity contribution in [1.82, 2.24) is 15.7 Å². The van der Waals surface area contributed by atoms with Crippen LogP contribution < -0.4 is 15.5 Å². The fourth-order valence-corrected chi connectivity index (χ4v) is 4.21. The van der Waals surface area contributed by atoms with Crippen LogP contribution in [0.15, 0.2) is 47.5 Å². The summed E-state index contributed by atoms with van der Waals surface area (Å²) in [7, 11) is 1.54. The highest BCUT2D eigenvalue weighted by molar-refractivity contribution is 6.30. The Morgan fingerprint density at radius 1 is 1.22 bits per heavy atom. The summed E-state index contributed by atoms with van der Waals surface area (Å²) < 4.78 is 5.43. The maximum absolute atomic E-state index is 13.6. The minimum atomic E-state index is -1.03. The number of hydroxylamine groups is 1. The van der Waals surface area contributed by atoms with Crippen LogP contribution in [-0.2, 0) is 16.1 Å². The largest absolute Gasteiger partial charge is 0.496 e. The lowest BCUT2D eigenvalue weighted by atomic mass is 9.97. The van der Waals surface area contributed by atoms with E-state index in [-0.39, 0.29) is 25.1 Å². The number of urea groups is 1. The van der Waals surface area contributed by atoms with Gasteiger partial charge in [-0.1, -0.05) is 30.7 Å². The molecule has 2 aromatic rings. The van der Waals surface area contributed by atoms with E-state index in [0.29, 0.717) is 29.6 Å². The van der Waals surface area contributed by atoms with E-state index in [9.17, 15) is 14.4 Å². The second-order valence-electron chi connectivity index (χ2n) is 8.44. The molecule has 1 aliphatic heterocycles. The van der Waals surface area contributed by atoms with Gasteiger partial charge in [-0.25, -0.2) is 9.59 Å². The Hall–Kier alpha value is -3.63. The molecule has 3 amide bonds. The second kappa shape index (κ2) is 13.1. The molecule has 10 nitrogen and oxygen atoms in total. The molecule has 0 spiro atoms. The Bertz CT molecular complexity index is 1150. The number of amidine groups is 1. The molecule has 2 aromatic carbocycles. The van der Waals surface area contributed by atoms with Crippen LogP contribution in [0.25, 0.3) is 0 Å². The van der Waals surface area contributed by atoms with E-state index in [4.69, 9.17) is 26.3 Å². The second-order valence-corrected chi connectivity index (χ2v) is 8.88. The lowest BCUT2D eigenvalue weighted by molar-refractivity contribution is -0.131. The summed E-state index contributed by atoms with van der Waals surface area (Å²) in [4.78, 5) is 49.1. The van der Waals surface area contributed by atoms with Gasteiger partial charge in [-0.2, -0.15) is 0 Å². The number of amides is 3. The van der Waals surface area contributed by atoms with Crippen LogP contribution in [0, 0.1) is 5.92 Å². The van der Waals surface area contributed by atoms with E-state index in [2.05, 4.69) is 15.8 Å². The molecule has 1 heterocycles. The van der Waals surface area contributed by atoms with Gasteiger partial charge in [0.2, 0.25) is 5.91 Å².